The molecular weight excluding hydrogens is 120 g/mol. The minimum atomic E-state index is 0.426. The van der Waals surface area contributed by atoms with Gasteiger partial charge in [0.05, 0.1) is 0 Å². The van der Waals surface area contributed by atoms with Crippen molar-refractivity contribution in [2.45, 2.75) is 19.1 Å². The largest absolute Gasteiger partial charge is 0.329 e. The van der Waals surface area contributed by atoms with Crippen molar-refractivity contribution >= 4 is 11.9 Å². The molecule has 0 heterocycles. The Balaban J connectivity index is 3.35. The Bertz CT molecular complexity index is 52.4. The predicted octanol–water partition coefficient (Wildman–Crippen LogP) is 0.577. The molecule has 0 amide bonds. The van der Waals surface area contributed by atoms with Crippen LogP contribution in [0.5, 0.6) is 0 Å². The quantitative estimate of drug-likeness (QED) is 0.555. The van der Waals surface area contributed by atoms with Crippen LogP contribution in [0.25, 0.3) is 0 Å². The molecule has 0 saturated carbocycles. The topological polar surface area (TPSA) is 52.0 Å². The summed E-state index contributed by atoms with van der Waals surface area (Å²) in [4.78, 5) is 0. The summed E-state index contributed by atoms with van der Waals surface area (Å²) in [5.74, 6) is 0.593. The molecule has 1 atom stereocenters. The second-order valence-corrected chi connectivity index (χ2v) is 3.03. The predicted molar refractivity (Wildman–Crippen MR) is 39.5 cm³/mol. The van der Waals surface area contributed by atoms with Crippen LogP contribution >= 0.6 is 11.9 Å². The summed E-state index contributed by atoms with van der Waals surface area (Å²) in [6, 6.07) is 0. The van der Waals surface area contributed by atoms with Gasteiger partial charge in [-0.25, -0.2) is 0 Å². The summed E-state index contributed by atoms with van der Waals surface area (Å²) >= 11 is 1.35. The molecule has 0 aromatic rings. The van der Waals surface area contributed by atoms with Gasteiger partial charge in [0.2, 0.25) is 0 Å². The van der Waals surface area contributed by atoms with Gasteiger partial charge >= 0.3 is 0 Å². The Morgan fingerprint density at radius 3 is 2.00 bits per heavy atom. The number of nitrogens with two attached hydrogens (primary N) is 2. The van der Waals surface area contributed by atoms with Gasteiger partial charge in [-0.15, -0.1) is 0 Å². The van der Waals surface area contributed by atoms with Crippen molar-refractivity contribution < 1.29 is 0 Å². The molecule has 0 spiro atoms. The van der Waals surface area contributed by atoms with E-state index in [1.165, 1.54) is 11.9 Å². The fraction of sp³-hybridized carbons (Fsp3) is 1.00. The Kier molecular flexibility index (Phi) is 4.32. The van der Waals surface area contributed by atoms with Gasteiger partial charge in [-0.3, -0.25) is 5.14 Å². The van der Waals surface area contributed by atoms with Gasteiger partial charge in [-0.1, -0.05) is 25.8 Å². The normalized spacial score (nSPS) is 14.6. The maximum atomic E-state index is 5.38. The van der Waals surface area contributed by atoms with Crippen LogP contribution in [0.1, 0.15) is 13.8 Å². The zero-order valence-corrected chi connectivity index (χ0v) is 6.24. The van der Waals surface area contributed by atoms with Crippen LogP contribution in [-0.2, 0) is 0 Å². The number of rotatable bonds is 3. The van der Waals surface area contributed by atoms with Crippen molar-refractivity contribution in [3.63, 3.8) is 0 Å². The van der Waals surface area contributed by atoms with Crippen LogP contribution in [0.4, 0.5) is 0 Å². The third-order valence-corrected chi connectivity index (χ3v) is 2.24. The lowest BCUT2D eigenvalue weighted by atomic mass is 10.1. The SMILES string of the molecule is CC(C)C(CN)SN. The zero-order chi connectivity index (χ0) is 6.57. The molecule has 0 aliphatic rings. The fourth-order valence-corrected chi connectivity index (χ4v) is 0.910. The van der Waals surface area contributed by atoms with Crippen molar-refractivity contribution in [1.82, 2.24) is 0 Å². The standard InChI is InChI=1S/C5H14N2S/c1-4(2)5(3-6)8-7/h4-5H,3,6-7H2,1-2H3. The highest BCUT2D eigenvalue weighted by Crippen LogP contribution is 2.11. The van der Waals surface area contributed by atoms with Crippen molar-refractivity contribution in [2.24, 2.45) is 16.8 Å². The first-order chi connectivity index (χ1) is 3.72. The minimum Gasteiger partial charge on any atom is -0.329 e. The molecule has 0 aliphatic heterocycles. The molecule has 1 unspecified atom stereocenters. The molecule has 0 aliphatic carbocycles. The second-order valence-electron chi connectivity index (χ2n) is 2.15. The molecule has 0 aromatic carbocycles. The van der Waals surface area contributed by atoms with E-state index in [0.717, 1.165) is 0 Å². The van der Waals surface area contributed by atoms with E-state index in [9.17, 15) is 0 Å². The van der Waals surface area contributed by atoms with Crippen LogP contribution in [0.3, 0.4) is 0 Å². The van der Waals surface area contributed by atoms with Gasteiger partial charge < -0.3 is 5.73 Å². The first-order valence-electron chi connectivity index (χ1n) is 2.78. The first kappa shape index (κ1) is 8.27. The minimum absolute atomic E-state index is 0.426. The second kappa shape index (κ2) is 4.18. The van der Waals surface area contributed by atoms with E-state index in [4.69, 9.17) is 10.9 Å². The van der Waals surface area contributed by atoms with Gasteiger partial charge in [0, 0.05) is 11.8 Å². The molecule has 0 radical (unpaired) electrons. The van der Waals surface area contributed by atoms with E-state index < -0.39 is 0 Å². The molecule has 0 rings (SSSR count). The Morgan fingerprint density at radius 1 is 1.50 bits per heavy atom. The van der Waals surface area contributed by atoms with E-state index in [1.54, 1.807) is 0 Å². The molecule has 3 heteroatoms. The van der Waals surface area contributed by atoms with Gasteiger partial charge in [0.1, 0.15) is 0 Å². The van der Waals surface area contributed by atoms with Crippen LogP contribution in [0, 0.1) is 5.92 Å². The van der Waals surface area contributed by atoms with E-state index >= 15 is 0 Å². The Hall–Kier alpha value is 0.270. The van der Waals surface area contributed by atoms with Crippen molar-refractivity contribution in [3.8, 4) is 0 Å². The highest BCUT2D eigenvalue weighted by molar-refractivity contribution is 7.97. The lowest BCUT2D eigenvalue weighted by Crippen LogP contribution is -2.23. The fourth-order valence-electron chi connectivity index (χ4n) is 0.485. The number of hydrogen-bond donors (Lipinski definition) is 2. The van der Waals surface area contributed by atoms with Gasteiger partial charge in [0.15, 0.2) is 0 Å². The van der Waals surface area contributed by atoms with E-state index in [1.807, 2.05) is 0 Å². The number of hydrogen-bond acceptors (Lipinski definition) is 3. The maximum absolute atomic E-state index is 5.38. The highest BCUT2D eigenvalue weighted by atomic mass is 32.2. The van der Waals surface area contributed by atoms with Crippen LogP contribution in [-0.4, -0.2) is 11.8 Å². The lowest BCUT2D eigenvalue weighted by molar-refractivity contribution is 0.613. The lowest BCUT2D eigenvalue weighted by Gasteiger charge is -2.13. The highest BCUT2D eigenvalue weighted by Gasteiger charge is 2.08. The molecule has 4 N–H and O–H groups in total. The summed E-state index contributed by atoms with van der Waals surface area (Å²) in [6.45, 7) is 4.92. The Morgan fingerprint density at radius 2 is 2.00 bits per heavy atom. The van der Waals surface area contributed by atoms with Gasteiger partial charge in [0.25, 0.3) is 0 Å². The van der Waals surface area contributed by atoms with E-state index in [2.05, 4.69) is 13.8 Å². The molecular formula is C5H14N2S. The van der Waals surface area contributed by atoms with E-state index in [0.29, 0.717) is 17.7 Å². The van der Waals surface area contributed by atoms with Crippen molar-refractivity contribution in [1.29, 1.82) is 0 Å². The van der Waals surface area contributed by atoms with Gasteiger partial charge in [-0.2, -0.15) is 0 Å². The summed E-state index contributed by atoms with van der Waals surface area (Å²) < 4.78 is 0. The molecule has 50 valence electrons. The first-order valence-corrected chi connectivity index (χ1v) is 3.72. The monoisotopic (exact) mass is 134 g/mol. The van der Waals surface area contributed by atoms with Gasteiger partial charge in [-0.05, 0) is 5.92 Å². The van der Waals surface area contributed by atoms with Crippen molar-refractivity contribution in [3.05, 3.63) is 0 Å². The molecule has 0 aromatic heterocycles. The maximum Gasteiger partial charge on any atom is 0.0336 e. The average Bonchev–Trinajstić information content (AvgIpc) is 1.69. The third kappa shape index (κ3) is 2.55. The molecule has 2 nitrogen and oxygen atoms in total. The summed E-state index contributed by atoms with van der Waals surface area (Å²) in [5.41, 5.74) is 5.38. The molecule has 0 bridgehead atoms. The summed E-state index contributed by atoms with van der Waals surface area (Å²) in [6.07, 6.45) is 0. The Labute approximate surface area is 55.1 Å². The van der Waals surface area contributed by atoms with Crippen molar-refractivity contribution in [2.75, 3.05) is 6.54 Å². The zero-order valence-electron chi connectivity index (χ0n) is 5.42. The van der Waals surface area contributed by atoms with Crippen LogP contribution in [0.2, 0.25) is 0 Å². The molecule has 8 heavy (non-hydrogen) atoms. The molecule has 0 saturated heterocycles. The summed E-state index contributed by atoms with van der Waals surface area (Å²) in [7, 11) is 0. The molecule has 0 fully saturated rings. The van der Waals surface area contributed by atoms with Crippen LogP contribution < -0.4 is 10.9 Å². The smallest absolute Gasteiger partial charge is 0.0336 e. The third-order valence-electron chi connectivity index (χ3n) is 1.15. The van der Waals surface area contributed by atoms with E-state index in [-0.39, 0.29) is 0 Å². The van der Waals surface area contributed by atoms with Crippen LogP contribution in [0.15, 0.2) is 0 Å². The average molecular weight is 134 g/mol. The summed E-state index contributed by atoms with van der Waals surface area (Å²) in [5, 5.41) is 5.75.